The standard InChI is InChI=1S/C22H21N3O2/c26-22(17-12-13-23-21(14-17)24-18-6-7-18)25-19-8-10-20(11-9-19)27-15-16-4-2-1-3-5-16/h1-5,8-14,18H,6-7,15H2,(H,23,24)(H,25,26). The fourth-order valence-corrected chi connectivity index (χ4v) is 2.67. The van der Waals surface area contributed by atoms with Crippen LogP contribution in [0.2, 0.25) is 0 Å². The number of ether oxygens (including phenoxy) is 1. The van der Waals surface area contributed by atoms with E-state index >= 15 is 0 Å². The van der Waals surface area contributed by atoms with Crippen LogP contribution in [0.5, 0.6) is 5.75 Å². The van der Waals surface area contributed by atoms with E-state index in [1.54, 1.807) is 18.3 Å². The molecule has 2 aromatic carbocycles. The van der Waals surface area contributed by atoms with E-state index in [1.165, 1.54) is 0 Å². The number of pyridine rings is 1. The van der Waals surface area contributed by atoms with Crippen LogP contribution in [-0.4, -0.2) is 16.9 Å². The SMILES string of the molecule is O=C(Nc1ccc(OCc2ccccc2)cc1)c1ccnc(NC2CC2)c1. The van der Waals surface area contributed by atoms with Gasteiger partial charge in [-0.1, -0.05) is 30.3 Å². The summed E-state index contributed by atoms with van der Waals surface area (Å²) in [7, 11) is 0. The van der Waals surface area contributed by atoms with Crippen LogP contribution in [0, 0.1) is 0 Å². The van der Waals surface area contributed by atoms with Crippen molar-refractivity contribution in [3.05, 3.63) is 84.1 Å². The maximum Gasteiger partial charge on any atom is 0.255 e. The zero-order valence-electron chi connectivity index (χ0n) is 14.9. The number of hydrogen-bond acceptors (Lipinski definition) is 4. The zero-order valence-corrected chi connectivity index (χ0v) is 14.9. The first-order chi connectivity index (χ1) is 13.3. The number of carbonyl (C=O) groups is 1. The van der Waals surface area contributed by atoms with Crippen LogP contribution in [0.15, 0.2) is 72.9 Å². The maximum absolute atomic E-state index is 12.5. The monoisotopic (exact) mass is 359 g/mol. The number of nitrogens with zero attached hydrogens (tertiary/aromatic N) is 1. The summed E-state index contributed by atoms with van der Waals surface area (Å²) in [6, 6.07) is 21.4. The first-order valence-electron chi connectivity index (χ1n) is 9.07. The van der Waals surface area contributed by atoms with Gasteiger partial charge >= 0.3 is 0 Å². The van der Waals surface area contributed by atoms with Crippen LogP contribution in [0.25, 0.3) is 0 Å². The van der Waals surface area contributed by atoms with E-state index in [1.807, 2.05) is 54.6 Å². The van der Waals surface area contributed by atoms with Crippen molar-refractivity contribution < 1.29 is 9.53 Å². The highest BCUT2D eigenvalue weighted by molar-refractivity contribution is 6.04. The minimum absolute atomic E-state index is 0.158. The number of anilines is 2. The maximum atomic E-state index is 12.5. The van der Waals surface area contributed by atoms with Crippen molar-refractivity contribution >= 4 is 17.4 Å². The van der Waals surface area contributed by atoms with E-state index in [9.17, 15) is 4.79 Å². The quantitative estimate of drug-likeness (QED) is 0.652. The van der Waals surface area contributed by atoms with Crippen molar-refractivity contribution in [2.24, 2.45) is 0 Å². The Labute approximate surface area is 158 Å². The molecule has 0 unspecified atom stereocenters. The van der Waals surface area contributed by atoms with Crippen LogP contribution in [-0.2, 0) is 6.61 Å². The molecule has 3 aromatic rings. The number of rotatable bonds is 7. The van der Waals surface area contributed by atoms with E-state index < -0.39 is 0 Å². The van der Waals surface area contributed by atoms with Gasteiger partial charge in [0.1, 0.15) is 18.2 Å². The first-order valence-corrected chi connectivity index (χ1v) is 9.07. The van der Waals surface area contributed by atoms with Crippen molar-refractivity contribution in [2.75, 3.05) is 10.6 Å². The molecule has 27 heavy (non-hydrogen) atoms. The molecule has 1 saturated carbocycles. The number of hydrogen-bond donors (Lipinski definition) is 2. The molecule has 4 rings (SSSR count). The van der Waals surface area contributed by atoms with E-state index in [2.05, 4.69) is 15.6 Å². The van der Waals surface area contributed by atoms with Gasteiger partial charge in [-0.25, -0.2) is 4.98 Å². The van der Waals surface area contributed by atoms with Gasteiger partial charge in [0, 0.05) is 23.5 Å². The fraction of sp³-hybridized carbons (Fsp3) is 0.182. The Morgan fingerprint density at radius 1 is 1.04 bits per heavy atom. The fourth-order valence-electron chi connectivity index (χ4n) is 2.67. The first kappa shape index (κ1) is 17.1. The van der Waals surface area contributed by atoms with Gasteiger partial charge in [-0.05, 0) is 54.8 Å². The molecule has 1 aliphatic carbocycles. The predicted octanol–water partition coefficient (Wildman–Crippen LogP) is 4.49. The van der Waals surface area contributed by atoms with Crippen molar-refractivity contribution in [3.63, 3.8) is 0 Å². The largest absolute Gasteiger partial charge is 0.489 e. The number of carbonyl (C=O) groups excluding carboxylic acids is 1. The Kier molecular flexibility index (Phi) is 5.01. The van der Waals surface area contributed by atoms with Crippen molar-refractivity contribution in [3.8, 4) is 5.75 Å². The summed E-state index contributed by atoms with van der Waals surface area (Å²) in [6.07, 6.45) is 3.98. The number of amides is 1. The van der Waals surface area contributed by atoms with Gasteiger partial charge in [-0.3, -0.25) is 4.79 Å². The third-order valence-electron chi connectivity index (χ3n) is 4.31. The molecule has 5 heteroatoms. The summed E-state index contributed by atoms with van der Waals surface area (Å²) in [5, 5.41) is 6.21. The molecule has 1 aromatic heterocycles. The van der Waals surface area contributed by atoms with Gasteiger partial charge in [0.25, 0.3) is 5.91 Å². The second kappa shape index (κ2) is 7.91. The van der Waals surface area contributed by atoms with Gasteiger partial charge in [-0.2, -0.15) is 0 Å². The molecule has 0 atom stereocenters. The zero-order chi connectivity index (χ0) is 18.5. The van der Waals surface area contributed by atoms with E-state index in [0.29, 0.717) is 18.2 Å². The third-order valence-corrected chi connectivity index (χ3v) is 4.31. The van der Waals surface area contributed by atoms with Crippen LogP contribution in [0.3, 0.4) is 0 Å². The minimum atomic E-state index is -0.158. The van der Waals surface area contributed by atoms with Gasteiger partial charge in [-0.15, -0.1) is 0 Å². The summed E-state index contributed by atoms with van der Waals surface area (Å²) in [6.45, 7) is 0.514. The number of nitrogens with one attached hydrogen (secondary N) is 2. The molecule has 1 aliphatic rings. The lowest BCUT2D eigenvalue weighted by Crippen LogP contribution is -2.13. The Morgan fingerprint density at radius 3 is 2.56 bits per heavy atom. The minimum Gasteiger partial charge on any atom is -0.489 e. The molecule has 2 N–H and O–H groups in total. The summed E-state index contributed by atoms with van der Waals surface area (Å²) in [5.74, 6) is 1.35. The molecule has 0 bridgehead atoms. The van der Waals surface area contributed by atoms with Gasteiger partial charge < -0.3 is 15.4 Å². The Balaban J connectivity index is 1.34. The van der Waals surface area contributed by atoms with Crippen molar-refractivity contribution in [2.45, 2.75) is 25.5 Å². The number of benzene rings is 2. The lowest BCUT2D eigenvalue weighted by molar-refractivity contribution is 0.102. The molecule has 136 valence electrons. The second-order valence-corrected chi connectivity index (χ2v) is 6.60. The average Bonchev–Trinajstić information content (AvgIpc) is 3.52. The molecule has 0 saturated heterocycles. The number of aromatic nitrogens is 1. The Hall–Kier alpha value is -3.34. The molecule has 0 radical (unpaired) electrons. The van der Waals surface area contributed by atoms with Crippen molar-refractivity contribution in [1.29, 1.82) is 0 Å². The lowest BCUT2D eigenvalue weighted by atomic mass is 10.2. The highest BCUT2D eigenvalue weighted by Gasteiger charge is 2.21. The van der Waals surface area contributed by atoms with Crippen molar-refractivity contribution in [1.82, 2.24) is 4.98 Å². The van der Waals surface area contributed by atoms with Gasteiger partial charge in [0.2, 0.25) is 0 Å². The molecular formula is C22H21N3O2. The Bertz CT molecular complexity index is 906. The predicted molar refractivity (Wildman–Crippen MR) is 106 cm³/mol. The lowest BCUT2D eigenvalue weighted by Gasteiger charge is -2.09. The molecule has 0 spiro atoms. The van der Waals surface area contributed by atoms with Crippen LogP contribution in [0.1, 0.15) is 28.8 Å². The summed E-state index contributed by atoms with van der Waals surface area (Å²) < 4.78 is 5.77. The summed E-state index contributed by atoms with van der Waals surface area (Å²) in [5.41, 5.74) is 2.42. The molecule has 1 heterocycles. The van der Waals surface area contributed by atoms with Crippen LogP contribution < -0.4 is 15.4 Å². The summed E-state index contributed by atoms with van der Waals surface area (Å²) >= 11 is 0. The van der Waals surface area contributed by atoms with Gasteiger partial charge in [0.05, 0.1) is 0 Å². The smallest absolute Gasteiger partial charge is 0.255 e. The molecule has 5 nitrogen and oxygen atoms in total. The highest BCUT2D eigenvalue weighted by Crippen LogP contribution is 2.24. The second-order valence-electron chi connectivity index (χ2n) is 6.60. The topological polar surface area (TPSA) is 63.2 Å². The van der Waals surface area contributed by atoms with E-state index in [0.717, 1.165) is 35.7 Å². The Morgan fingerprint density at radius 2 is 1.81 bits per heavy atom. The van der Waals surface area contributed by atoms with Gasteiger partial charge in [0.15, 0.2) is 0 Å². The summed E-state index contributed by atoms with van der Waals surface area (Å²) in [4.78, 5) is 16.7. The third kappa shape index (κ3) is 4.85. The van der Waals surface area contributed by atoms with Crippen LogP contribution in [0.4, 0.5) is 11.5 Å². The molecule has 0 aliphatic heterocycles. The highest BCUT2D eigenvalue weighted by atomic mass is 16.5. The molecule has 1 amide bonds. The molecule has 1 fully saturated rings. The van der Waals surface area contributed by atoms with E-state index in [4.69, 9.17) is 4.74 Å². The van der Waals surface area contributed by atoms with Crippen LogP contribution >= 0.6 is 0 Å². The average molecular weight is 359 g/mol. The van der Waals surface area contributed by atoms with E-state index in [-0.39, 0.29) is 5.91 Å². The molecular weight excluding hydrogens is 338 g/mol. The normalized spacial score (nSPS) is 13.0.